The van der Waals surface area contributed by atoms with E-state index in [9.17, 15) is 4.79 Å². The maximum Gasteiger partial charge on any atom is 0.229 e. The van der Waals surface area contributed by atoms with Crippen molar-refractivity contribution in [2.24, 2.45) is 5.92 Å². The summed E-state index contributed by atoms with van der Waals surface area (Å²) in [5.74, 6) is 2.13. The van der Waals surface area contributed by atoms with Crippen molar-refractivity contribution >= 4 is 11.7 Å². The van der Waals surface area contributed by atoms with Gasteiger partial charge < -0.3 is 14.5 Å². The average Bonchev–Trinajstić information content (AvgIpc) is 2.97. The molecule has 2 saturated heterocycles. The fourth-order valence-electron chi connectivity index (χ4n) is 4.00. The molecule has 0 atom stereocenters. The zero-order valence-corrected chi connectivity index (χ0v) is 16.5. The van der Waals surface area contributed by atoms with E-state index in [4.69, 9.17) is 9.72 Å². The summed E-state index contributed by atoms with van der Waals surface area (Å²) in [7, 11) is 1.67. The Morgan fingerprint density at radius 2 is 1.93 bits per heavy atom. The van der Waals surface area contributed by atoms with Crippen LogP contribution in [-0.2, 0) is 11.2 Å². The van der Waals surface area contributed by atoms with Crippen LogP contribution in [0.2, 0.25) is 0 Å². The van der Waals surface area contributed by atoms with Gasteiger partial charge in [-0.1, -0.05) is 25.0 Å². The van der Waals surface area contributed by atoms with Gasteiger partial charge >= 0.3 is 0 Å². The Balaban J connectivity index is 1.36. The summed E-state index contributed by atoms with van der Waals surface area (Å²) in [5.41, 5.74) is 2.07. The third-order valence-corrected chi connectivity index (χ3v) is 5.66. The molecule has 2 fully saturated rings. The SMILES string of the molecule is COc1cccc(Cc2cncc(N3CC(C(=O)N4CCCCCC4)C3)n2)c1. The molecule has 6 heteroatoms. The summed E-state index contributed by atoms with van der Waals surface area (Å²) in [4.78, 5) is 26.1. The summed E-state index contributed by atoms with van der Waals surface area (Å²) < 4.78 is 5.29. The molecule has 148 valence electrons. The van der Waals surface area contributed by atoms with E-state index in [0.717, 1.165) is 61.8 Å². The van der Waals surface area contributed by atoms with Crippen molar-refractivity contribution in [2.75, 3.05) is 38.2 Å². The van der Waals surface area contributed by atoms with Crippen LogP contribution in [0.3, 0.4) is 0 Å². The minimum Gasteiger partial charge on any atom is -0.497 e. The number of methoxy groups -OCH3 is 1. The van der Waals surface area contributed by atoms with Gasteiger partial charge in [0.2, 0.25) is 5.91 Å². The van der Waals surface area contributed by atoms with Crippen molar-refractivity contribution in [3.05, 3.63) is 47.9 Å². The van der Waals surface area contributed by atoms with Gasteiger partial charge in [-0.25, -0.2) is 4.98 Å². The number of hydrogen-bond donors (Lipinski definition) is 0. The van der Waals surface area contributed by atoms with Crippen LogP contribution in [0.4, 0.5) is 5.82 Å². The molecule has 3 heterocycles. The van der Waals surface area contributed by atoms with E-state index >= 15 is 0 Å². The highest BCUT2D eigenvalue weighted by atomic mass is 16.5. The molecule has 0 N–H and O–H groups in total. The first-order chi connectivity index (χ1) is 13.7. The second kappa shape index (κ2) is 8.59. The van der Waals surface area contributed by atoms with Gasteiger partial charge in [-0.3, -0.25) is 9.78 Å². The molecule has 1 aromatic heterocycles. The molecule has 2 aliphatic rings. The number of carbonyl (C=O) groups is 1. The second-order valence-electron chi connectivity index (χ2n) is 7.74. The zero-order chi connectivity index (χ0) is 19.3. The lowest BCUT2D eigenvalue weighted by Crippen LogP contribution is -2.55. The highest BCUT2D eigenvalue weighted by molar-refractivity contribution is 5.82. The van der Waals surface area contributed by atoms with E-state index < -0.39 is 0 Å². The predicted molar refractivity (Wildman–Crippen MR) is 109 cm³/mol. The molecule has 6 nitrogen and oxygen atoms in total. The van der Waals surface area contributed by atoms with Crippen molar-refractivity contribution in [1.29, 1.82) is 0 Å². The summed E-state index contributed by atoms with van der Waals surface area (Å²) in [6.07, 6.45) is 9.08. The number of amides is 1. The van der Waals surface area contributed by atoms with Crippen LogP contribution in [-0.4, -0.2) is 54.1 Å². The predicted octanol–water partition coefficient (Wildman–Crippen LogP) is 2.91. The third-order valence-electron chi connectivity index (χ3n) is 5.66. The molecule has 1 amide bonds. The molecule has 0 spiro atoms. The molecular weight excluding hydrogens is 352 g/mol. The van der Waals surface area contributed by atoms with Gasteiger partial charge in [-0.15, -0.1) is 0 Å². The van der Waals surface area contributed by atoms with Crippen molar-refractivity contribution in [3.8, 4) is 5.75 Å². The van der Waals surface area contributed by atoms with Gasteiger partial charge in [-0.05, 0) is 30.5 Å². The van der Waals surface area contributed by atoms with Gasteiger partial charge in [0.25, 0.3) is 0 Å². The molecule has 0 radical (unpaired) electrons. The van der Waals surface area contributed by atoms with Gasteiger partial charge in [0.15, 0.2) is 0 Å². The molecule has 28 heavy (non-hydrogen) atoms. The maximum absolute atomic E-state index is 12.7. The van der Waals surface area contributed by atoms with Crippen LogP contribution in [0.1, 0.15) is 36.9 Å². The molecule has 1 aromatic carbocycles. The standard InChI is InChI=1S/C22H28N4O2/c1-28-20-8-6-7-17(12-20)11-19-13-23-14-21(24-19)26-15-18(16-26)22(27)25-9-4-2-3-5-10-25/h6-8,12-14,18H,2-5,9-11,15-16H2,1H3. The Bertz CT molecular complexity index is 812. The van der Waals surface area contributed by atoms with Crippen molar-refractivity contribution in [2.45, 2.75) is 32.1 Å². The van der Waals surface area contributed by atoms with Crippen molar-refractivity contribution in [3.63, 3.8) is 0 Å². The summed E-state index contributed by atoms with van der Waals surface area (Å²) in [5, 5.41) is 0. The number of benzene rings is 1. The lowest BCUT2D eigenvalue weighted by molar-refractivity contribution is -0.136. The minimum atomic E-state index is 0.0990. The summed E-state index contributed by atoms with van der Waals surface area (Å²) >= 11 is 0. The van der Waals surface area contributed by atoms with E-state index in [2.05, 4.69) is 20.9 Å². The molecule has 0 aliphatic carbocycles. The fourth-order valence-corrected chi connectivity index (χ4v) is 4.00. The van der Waals surface area contributed by atoms with Gasteiger partial charge in [0.05, 0.1) is 24.9 Å². The number of rotatable bonds is 5. The van der Waals surface area contributed by atoms with Crippen LogP contribution in [0.5, 0.6) is 5.75 Å². The molecule has 4 rings (SSSR count). The number of ether oxygens (including phenoxy) is 1. The number of anilines is 1. The first kappa shape index (κ1) is 18.7. The average molecular weight is 380 g/mol. The Kier molecular flexibility index (Phi) is 5.74. The van der Waals surface area contributed by atoms with Gasteiger partial charge in [0, 0.05) is 38.8 Å². The maximum atomic E-state index is 12.7. The van der Waals surface area contributed by atoms with E-state index in [0.29, 0.717) is 12.3 Å². The molecule has 0 bridgehead atoms. The fraction of sp³-hybridized carbons (Fsp3) is 0.500. The largest absolute Gasteiger partial charge is 0.497 e. The Morgan fingerprint density at radius 1 is 1.14 bits per heavy atom. The normalized spacial score (nSPS) is 17.8. The smallest absolute Gasteiger partial charge is 0.229 e. The molecule has 0 saturated carbocycles. The molecule has 0 unspecified atom stereocenters. The highest BCUT2D eigenvalue weighted by Gasteiger charge is 2.36. The number of hydrogen-bond acceptors (Lipinski definition) is 5. The third kappa shape index (κ3) is 4.26. The highest BCUT2D eigenvalue weighted by Crippen LogP contribution is 2.25. The van der Waals surface area contributed by atoms with Crippen LogP contribution in [0.25, 0.3) is 0 Å². The topological polar surface area (TPSA) is 58.6 Å². The Hall–Kier alpha value is -2.63. The minimum absolute atomic E-state index is 0.0990. The summed E-state index contributed by atoms with van der Waals surface area (Å²) in [6.45, 7) is 3.33. The number of aromatic nitrogens is 2. The van der Waals surface area contributed by atoms with Crippen LogP contribution in [0.15, 0.2) is 36.7 Å². The number of likely N-dealkylation sites (tertiary alicyclic amines) is 1. The van der Waals surface area contributed by atoms with E-state index in [1.165, 1.54) is 12.8 Å². The number of carbonyl (C=O) groups excluding carboxylic acids is 1. The van der Waals surface area contributed by atoms with Gasteiger partial charge in [0.1, 0.15) is 11.6 Å². The summed E-state index contributed by atoms with van der Waals surface area (Å²) in [6, 6.07) is 8.01. The molecule has 2 aliphatic heterocycles. The first-order valence-corrected chi connectivity index (χ1v) is 10.2. The van der Waals surface area contributed by atoms with E-state index in [1.54, 1.807) is 13.3 Å². The number of nitrogens with zero attached hydrogens (tertiary/aromatic N) is 4. The monoisotopic (exact) mass is 380 g/mol. The van der Waals surface area contributed by atoms with E-state index in [1.807, 2.05) is 24.4 Å². The quantitative estimate of drug-likeness (QED) is 0.798. The molecular formula is C22H28N4O2. The van der Waals surface area contributed by atoms with Crippen molar-refractivity contribution in [1.82, 2.24) is 14.9 Å². The van der Waals surface area contributed by atoms with Crippen LogP contribution in [0, 0.1) is 5.92 Å². The van der Waals surface area contributed by atoms with Crippen LogP contribution >= 0.6 is 0 Å². The van der Waals surface area contributed by atoms with E-state index in [-0.39, 0.29) is 5.92 Å². The second-order valence-corrected chi connectivity index (χ2v) is 7.74. The Labute approximate surface area is 166 Å². The van der Waals surface area contributed by atoms with Crippen LogP contribution < -0.4 is 9.64 Å². The zero-order valence-electron chi connectivity index (χ0n) is 16.5. The first-order valence-electron chi connectivity index (χ1n) is 10.2. The Morgan fingerprint density at radius 3 is 2.68 bits per heavy atom. The van der Waals surface area contributed by atoms with Crippen molar-refractivity contribution < 1.29 is 9.53 Å². The lowest BCUT2D eigenvalue weighted by Gasteiger charge is -2.41. The van der Waals surface area contributed by atoms with Gasteiger partial charge in [-0.2, -0.15) is 0 Å². The molecule has 2 aromatic rings. The lowest BCUT2D eigenvalue weighted by atomic mass is 9.98.